The number of hydrogen-bond donors (Lipinski definition) is 2. The third-order valence-corrected chi connectivity index (χ3v) is 5.43. The third kappa shape index (κ3) is 4.85. The second-order valence-corrected chi connectivity index (χ2v) is 7.42. The lowest BCUT2D eigenvalue weighted by molar-refractivity contribution is -0.617. The number of anilines is 1. The Morgan fingerprint density at radius 3 is 1.94 bits per heavy atom. The number of aromatic nitrogens is 1. The Hall–Kier alpha value is -2.99. The van der Waals surface area contributed by atoms with Crippen molar-refractivity contribution in [2.24, 2.45) is 7.05 Å². The van der Waals surface area contributed by atoms with E-state index in [0.29, 0.717) is 26.4 Å². The predicted octanol–water partition coefficient (Wildman–Crippen LogP) is 3.92. The Balaban J connectivity index is 1.50. The monoisotopic (exact) mass is 417 g/mol. The van der Waals surface area contributed by atoms with Gasteiger partial charge in [0.2, 0.25) is 11.0 Å². The molecule has 2 N–H and O–H groups in total. The molecule has 0 radical (unpaired) electrons. The van der Waals surface area contributed by atoms with Crippen molar-refractivity contribution in [2.45, 2.75) is 0 Å². The highest BCUT2D eigenvalue weighted by Gasteiger charge is 2.18. The zero-order chi connectivity index (χ0) is 21.5. The van der Waals surface area contributed by atoms with Crippen LogP contribution in [0.4, 0.5) is 5.69 Å². The second-order valence-electron chi connectivity index (χ2n) is 7.42. The van der Waals surface area contributed by atoms with Crippen LogP contribution in [0.3, 0.4) is 0 Å². The van der Waals surface area contributed by atoms with Crippen molar-refractivity contribution < 1.29 is 19.1 Å². The summed E-state index contributed by atoms with van der Waals surface area (Å²) in [6.07, 6.45) is 0. The van der Waals surface area contributed by atoms with Gasteiger partial charge in [-0.25, -0.2) is 0 Å². The first-order valence-electron chi connectivity index (χ1n) is 10.7. The average molecular weight is 418 g/mol. The van der Waals surface area contributed by atoms with Gasteiger partial charge < -0.3 is 19.9 Å². The molecule has 4 rings (SSSR count). The van der Waals surface area contributed by atoms with E-state index in [4.69, 9.17) is 14.6 Å². The molecule has 3 aromatic carbocycles. The summed E-state index contributed by atoms with van der Waals surface area (Å²) in [5, 5.41) is 14.6. The lowest BCUT2D eigenvalue weighted by atomic mass is 9.95. The van der Waals surface area contributed by atoms with Gasteiger partial charge in [-0.05, 0) is 29.8 Å². The second kappa shape index (κ2) is 10.4. The number of para-hydroxylation sites is 2. The quantitative estimate of drug-likeness (QED) is 0.233. The van der Waals surface area contributed by atoms with Crippen molar-refractivity contribution in [1.82, 2.24) is 0 Å². The summed E-state index contributed by atoms with van der Waals surface area (Å²) in [5.41, 5.74) is 5.98. The van der Waals surface area contributed by atoms with Gasteiger partial charge in [-0.3, -0.25) is 0 Å². The van der Waals surface area contributed by atoms with Crippen LogP contribution in [-0.2, 0) is 16.5 Å². The molecule has 0 aliphatic heterocycles. The molecule has 0 amide bonds. The maximum absolute atomic E-state index is 8.66. The van der Waals surface area contributed by atoms with Gasteiger partial charge in [-0.2, -0.15) is 4.57 Å². The Bertz CT molecular complexity index is 1090. The van der Waals surface area contributed by atoms with E-state index in [9.17, 15) is 0 Å². The average Bonchev–Trinajstić information content (AvgIpc) is 2.82. The molecule has 1 aromatic heterocycles. The molecule has 5 nitrogen and oxygen atoms in total. The van der Waals surface area contributed by atoms with Crippen molar-refractivity contribution in [1.29, 1.82) is 0 Å². The Morgan fingerprint density at radius 2 is 1.32 bits per heavy atom. The van der Waals surface area contributed by atoms with E-state index < -0.39 is 0 Å². The number of pyridine rings is 1. The van der Waals surface area contributed by atoms with Crippen LogP contribution in [0.1, 0.15) is 0 Å². The Kier molecular flexibility index (Phi) is 7.10. The minimum Gasteiger partial charge on any atom is -0.394 e. The Labute approximate surface area is 182 Å². The molecule has 4 aromatic rings. The fourth-order valence-corrected chi connectivity index (χ4v) is 3.95. The minimum atomic E-state index is 0.0462. The number of hydrogen-bond acceptors (Lipinski definition) is 4. The van der Waals surface area contributed by atoms with Crippen molar-refractivity contribution >= 4 is 27.5 Å². The van der Waals surface area contributed by atoms with Gasteiger partial charge in [-0.1, -0.05) is 36.4 Å². The van der Waals surface area contributed by atoms with Crippen LogP contribution in [0.25, 0.3) is 32.9 Å². The lowest BCUT2D eigenvalue weighted by Crippen LogP contribution is -2.30. The number of fused-ring (bicyclic) bond motifs is 2. The van der Waals surface area contributed by atoms with Gasteiger partial charge in [0.25, 0.3) is 0 Å². The lowest BCUT2D eigenvalue weighted by Gasteiger charge is -2.12. The number of aryl methyl sites for hydroxylation is 1. The molecule has 0 aliphatic carbocycles. The molecule has 160 valence electrons. The highest BCUT2D eigenvalue weighted by atomic mass is 16.5. The Morgan fingerprint density at radius 1 is 0.742 bits per heavy atom. The zero-order valence-corrected chi connectivity index (χ0v) is 17.9. The molecule has 0 bridgehead atoms. The van der Waals surface area contributed by atoms with Crippen molar-refractivity contribution in [3.8, 4) is 11.1 Å². The summed E-state index contributed by atoms with van der Waals surface area (Å²) >= 11 is 0. The molecule has 0 saturated carbocycles. The summed E-state index contributed by atoms with van der Waals surface area (Å²) in [6.45, 7) is 2.78. The molecule has 0 saturated heterocycles. The topological polar surface area (TPSA) is 54.6 Å². The van der Waals surface area contributed by atoms with Crippen LogP contribution in [0.2, 0.25) is 0 Å². The van der Waals surface area contributed by atoms with Gasteiger partial charge in [0.1, 0.15) is 7.05 Å². The van der Waals surface area contributed by atoms with Crippen LogP contribution in [0.5, 0.6) is 0 Å². The third-order valence-electron chi connectivity index (χ3n) is 5.43. The molecule has 31 heavy (non-hydrogen) atoms. The summed E-state index contributed by atoms with van der Waals surface area (Å²) in [7, 11) is 2.13. The van der Waals surface area contributed by atoms with E-state index in [0.717, 1.165) is 12.2 Å². The summed E-state index contributed by atoms with van der Waals surface area (Å²) < 4.78 is 13.0. The molecule has 5 heteroatoms. The molecular weight excluding hydrogens is 388 g/mol. The van der Waals surface area contributed by atoms with Gasteiger partial charge in [0.05, 0.1) is 43.8 Å². The van der Waals surface area contributed by atoms with E-state index in [1.54, 1.807) is 0 Å². The van der Waals surface area contributed by atoms with Gasteiger partial charge in [-0.15, -0.1) is 0 Å². The SMILES string of the molecule is C[n+]1c2ccccc2c(-c2ccc(NCCOCCOCCO)cc2)c2ccccc21. The molecule has 0 spiro atoms. The molecule has 0 aliphatic rings. The standard InChI is InChI=1S/C26H28N2O3/c1-28-24-8-4-2-6-22(24)26(23-7-3-5-9-25(23)28)20-10-12-21(13-11-20)27-14-16-30-18-19-31-17-15-29/h2-13,29H,14-19H2,1H3/p+1. The normalized spacial score (nSPS) is 11.3. The molecule has 1 heterocycles. The number of rotatable bonds is 10. The van der Waals surface area contributed by atoms with E-state index in [2.05, 4.69) is 89.7 Å². The molecule has 0 unspecified atom stereocenters. The highest BCUT2D eigenvalue weighted by Crippen LogP contribution is 2.34. The van der Waals surface area contributed by atoms with Gasteiger partial charge in [0, 0.05) is 29.9 Å². The van der Waals surface area contributed by atoms with Crippen molar-refractivity contribution in [2.75, 3.05) is 44.9 Å². The summed E-state index contributed by atoms with van der Waals surface area (Å²) in [4.78, 5) is 0. The van der Waals surface area contributed by atoms with E-state index in [1.807, 2.05) is 0 Å². The number of aliphatic hydroxyl groups is 1. The fourth-order valence-electron chi connectivity index (χ4n) is 3.95. The molecule has 0 fully saturated rings. The zero-order valence-electron chi connectivity index (χ0n) is 17.9. The van der Waals surface area contributed by atoms with Crippen LogP contribution in [0, 0.1) is 0 Å². The van der Waals surface area contributed by atoms with Crippen LogP contribution >= 0.6 is 0 Å². The molecular formula is C26H29N2O3+. The number of nitrogens with zero attached hydrogens (tertiary/aromatic N) is 1. The van der Waals surface area contributed by atoms with Crippen LogP contribution < -0.4 is 9.88 Å². The van der Waals surface area contributed by atoms with E-state index in [-0.39, 0.29) is 6.61 Å². The van der Waals surface area contributed by atoms with Crippen LogP contribution in [-0.4, -0.2) is 44.7 Å². The van der Waals surface area contributed by atoms with Crippen LogP contribution in [0.15, 0.2) is 72.8 Å². The maximum Gasteiger partial charge on any atom is 0.213 e. The summed E-state index contributed by atoms with van der Waals surface area (Å²) in [5.74, 6) is 0. The van der Waals surface area contributed by atoms with Gasteiger partial charge in [0.15, 0.2) is 0 Å². The first-order chi connectivity index (χ1) is 15.3. The smallest absolute Gasteiger partial charge is 0.213 e. The number of nitrogens with one attached hydrogen (secondary N) is 1. The minimum absolute atomic E-state index is 0.0462. The van der Waals surface area contributed by atoms with Gasteiger partial charge >= 0.3 is 0 Å². The summed E-state index contributed by atoms with van der Waals surface area (Å²) in [6, 6.07) is 25.7. The first-order valence-corrected chi connectivity index (χ1v) is 10.7. The first kappa shape index (κ1) is 21.2. The van der Waals surface area contributed by atoms with E-state index in [1.165, 1.54) is 32.9 Å². The number of aliphatic hydroxyl groups excluding tert-OH is 1. The predicted molar refractivity (Wildman–Crippen MR) is 125 cm³/mol. The van der Waals surface area contributed by atoms with Crippen molar-refractivity contribution in [3.05, 3.63) is 72.8 Å². The number of ether oxygens (including phenoxy) is 2. The largest absolute Gasteiger partial charge is 0.394 e. The van der Waals surface area contributed by atoms with E-state index >= 15 is 0 Å². The molecule has 0 atom stereocenters. The fraction of sp³-hybridized carbons (Fsp3) is 0.269. The highest BCUT2D eigenvalue weighted by molar-refractivity contribution is 6.07. The van der Waals surface area contributed by atoms with Crippen molar-refractivity contribution in [3.63, 3.8) is 0 Å². The maximum atomic E-state index is 8.66. The number of benzene rings is 3.